The summed E-state index contributed by atoms with van der Waals surface area (Å²) < 4.78 is 13.4. The maximum atomic E-state index is 13.4. The van der Waals surface area contributed by atoms with Gasteiger partial charge in [0.2, 0.25) is 0 Å². The van der Waals surface area contributed by atoms with Crippen LogP contribution in [0.25, 0.3) is 11.3 Å². The van der Waals surface area contributed by atoms with Crippen molar-refractivity contribution < 1.29 is 4.39 Å². The smallest absolute Gasteiger partial charge is 0.132 e. The molecule has 2 rings (SSSR count). The molecule has 4 heteroatoms. The molecule has 2 N–H and O–H groups in total. The second-order valence-corrected chi connectivity index (χ2v) is 3.21. The van der Waals surface area contributed by atoms with E-state index in [-0.39, 0.29) is 5.82 Å². The molecule has 0 aliphatic carbocycles. The number of nitrogens with zero attached hydrogens (tertiary/aromatic N) is 2. The van der Waals surface area contributed by atoms with Crippen LogP contribution in [0.15, 0.2) is 30.3 Å². The number of hydrogen-bond donors (Lipinski definition) is 1. The number of anilines is 1. The van der Waals surface area contributed by atoms with Gasteiger partial charge in [0.15, 0.2) is 0 Å². The molecular weight excluding hydrogens is 193 g/mol. The fourth-order valence-electron chi connectivity index (χ4n) is 1.40. The topological polar surface area (TPSA) is 51.8 Å². The number of rotatable bonds is 1. The molecule has 0 radical (unpaired) electrons. The molecule has 2 aromatic rings. The van der Waals surface area contributed by atoms with Crippen LogP contribution in [-0.4, -0.2) is 9.97 Å². The monoisotopic (exact) mass is 203 g/mol. The summed E-state index contributed by atoms with van der Waals surface area (Å²) in [6.45, 7) is 1.72. The number of aryl methyl sites for hydroxylation is 1. The highest BCUT2D eigenvalue weighted by Gasteiger charge is 2.06. The molecule has 0 spiro atoms. The summed E-state index contributed by atoms with van der Waals surface area (Å²) in [5.41, 5.74) is 6.52. The Morgan fingerprint density at radius 2 is 1.93 bits per heavy atom. The molecule has 76 valence electrons. The van der Waals surface area contributed by atoms with Crippen molar-refractivity contribution in [1.29, 1.82) is 0 Å². The van der Waals surface area contributed by atoms with E-state index in [2.05, 4.69) is 9.97 Å². The van der Waals surface area contributed by atoms with Crippen LogP contribution in [0.3, 0.4) is 0 Å². The van der Waals surface area contributed by atoms with Crippen LogP contribution < -0.4 is 5.73 Å². The first-order chi connectivity index (χ1) is 7.16. The van der Waals surface area contributed by atoms with Gasteiger partial charge in [0.05, 0.1) is 5.69 Å². The van der Waals surface area contributed by atoms with Gasteiger partial charge < -0.3 is 5.73 Å². The minimum absolute atomic E-state index is 0.310. The zero-order chi connectivity index (χ0) is 10.8. The van der Waals surface area contributed by atoms with E-state index in [9.17, 15) is 4.39 Å². The molecule has 0 fully saturated rings. The van der Waals surface area contributed by atoms with Crippen molar-refractivity contribution in [3.63, 3.8) is 0 Å². The number of nitrogen functional groups attached to an aromatic ring is 1. The first-order valence-electron chi connectivity index (χ1n) is 4.53. The van der Waals surface area contributed by atoms with Crippen molar-refractivity contribution in [2.75, 3.05) is 5.73 Å². The third-order valence-corrected chi connectivity index (χ3v) is 2.01. The van der Waals surface area contributed by atoms with E-state index in [0.29, 0.717) is 22.9 Å². The molecule has 15 heavy (non-hydrogen) atoms. The van der Waals surface area contributed by atoms with Crippen molar-refractivity contribution in [3.05, 3.63) is 42.0 Å². The van der Waals surface area contributed by atoms with Crippen LogP contribution in [0.4, 0.5) is 10.2 Å². The maximum Gasteiger partial charge on any atom is 0.132 e. The summed E-state index contributed by atoms with van der Waals surface area (Å²) in [7, 11) is 0. The van der Waals surface area contributed by atoms with Gasteiger partial charge in [-0.3, -0.25) is 0 Å². The fraction of sp³-hybridized carbons (Fsp3) is 0.0909. The van der Waals surface area contributed by atoms with E-state index in [1.54, 1.807) is 31.2 Å². The Balaban J connectivity index is 2.59. The second-order valence-electron chi connectivity index (χ2n) is 3.21. The number of aromatic nitrogens is 2. The van der Waals surface area contributed by atoms with Gasteiger partial charge in [-0.2, -0.15) is 0 Å². The Kier molecular flexibility index (Phi) is 2.33. The van der Waals surface area contributed by atoms with E-state index in [4.69, 9.17) is 5.73 Å². The highest BCUT2D eigenvalue weighted by Crippen LogP contribution is 2.21. The number of hydrogen-bond acceptors (Lipinski definition) is 3. The van der Waals surface area contributed by atoms with Crippen LogP contribution in [0.2, 0.25) is 0 Å². The van der Waals surface area contributed by atoms with Crippen LogP contribution in [0.1, 0.15) is 5.82 Å². The normalized spacial score (nSPS) is 10.3. The van der Waals surface area contributed by atoms with Crippen LogP contribution in [0.5, 0.6) is 0 Å². The molecule has 0 unspecified atom stereocenters. The lowest BCUT2D eigenvalue weighted by molar-refractivity contribution is 0.630. The molecule has 1 aromatic carbocycles. The van der Waals surface area contributed by atoms with Crippen LogP contribution >= 0.6 is 0 Å². The zero-order valence-electron chi connectivity index (χ0n) is 8.24. The summed E-state index contributed by atoms with van der Waals surface area (Å²) in [6.07, 6.45) is 0. The Labute approximate surface area is 86.8 Å². The Bertz CT molecular complexity index is 477. The van der Waals surface area contributed by atoms with Crippen molar-refractivity contribution in [1.82, 2.24) is 9.97 Å². The predicted octanol–water partition coefficient (Wildman–Crippen LogP) is 2.17. The van der Waals surface area contributed by atoms with Gasteiger partial charge in [-0.1, -0.05) is 12.1 Å². The number of benzene rings is 1. The van der Waals surface area contributed by atoms with E-state index < -0.39 is 0 Å². The lowest BCUT2D eigenvalue weighted by atomic mass is 10.1. The Hall–Kier alpha value is -1.97. The van der Waals surface area contributed by atoms with Gasteiger partial charge in [-0.05, 0) is 19.1 Å². The molecule has 0 saturated carbocycles. The van der Waals surface area contributed by atoms with Crippen molar-refractivity contribution in [2.45, 2.75) is 6.92 Å². The molecule has 0 aliphatic heterocycles. The molecule has 1 heterocycles. The maximum absolute atomic E-state index is 13.4. The summed E-state index contributed by atoms with van der Waals surface area (Å²) in [4.78, 5) is 8.07. The predicted molar refractivity (Wildman–Crippen MR) is 56.6 cm³/mol. The Morgan fingerprint density at radius 3 is 2.60 bits per heavy atom. The lowest BCUT2D eigenvalue weighted by Gasteiger charge is -2.04. The van der Waals surface area contributed by atoms with Crippen molar-refractivity contribution in [2.24, 2.45) is 0 Å². The van der Waals surface area contributed by atoms with Gasteiger partial charge >= 0.3 is 0 Å². The highest BCUT2D eigenvalue weighted by atomic mass is 19.1. The summed E-state index contributed by atoms with van der Waals surface area (Å²) in [6, 6.07) is 8.01. The molecule has 3 nitrogen and oxygen atoms in total. The molecule has 0 atom stereocenters. The van der Waals surface area contributed by atoms with E-state index >= 15 is 0 Å². The average Bonchev–Trinajstić information content (AvgIpc) is 2.16. The molecule has 0 aliphatic rings. The van der Waals surface area contributed by atoms with Gasteiger partial charge in [0.1, 0.15) is 17.5 Å². The largest absolute Gasteiger partial charge is 0.384 e. The fourth-order valence-corrected chi connectivity index (χ4v) is 1.40. The second kappa shape index (κ2) is 3.65. The van der Waals surface area contributed by atoms with E-state index in [0.717, 1.165) is 0 Å². The number of halogens is 1. The van der Waals surface area contributed by atoms with Crippen LogP contribution in [-0.2, 0) is 0 Å². The standard InChI is InChI=1S/C11H10FN3/c1-7-14-10(6-11(13)15-7)8-4-2-3-5-9(8)12/h2-6H,1H3,(H2,13,14,15). The zero-order valence-corrected chi connectivity index (χ0v) is 8.24. The third kappa shape index (κ3) is 1.93. The minimum Gasteiger partial charge on any atom is -0.384 e. The summed E-state index contributed by atoms with van der Waals surface area (Å²) in [5.74, 6) is 0.573. The van der Waals surface area contributed by atoms with Gasteiger partial charge in [0.25, 0.3) is 0 Å². The molecular formula is C11H10FN3. The molecule has 0 amide bonds. The first-order valence-corrected chi connectivity index (χ1v) is 4.53. The van der Waals surface area contributed by atoms with E-state index in [1.807, 2.05) is 0 Å². The number of nitrogens with two attached hydrogens (primary N) is 1. The molecule has 1 aromatic heterocycles. The van der Waals surface area contributed by atoms with Crippen LogP contribution in [0, 0.1) is 12.7 Å². The highest BCUT2D eigenvalue weighted by molar-refractivity contribution is 5.62. The lowest BCUT2D eigenvalue weighted by Crippen LogP contribution is -1.98. The van der Waals surface area contributed by atoms with Gasteiger partial charge in [-0.15, -0.1) is 0 Å². The van der Waals surface area contributed by atoms with Gasteiger partial charge in [0, 0.05) is 11.6 Å². The summed E-state index contributed by atoms with van der Waals surface area (Å²) in [5, 5.41) is 0. The third-order valence-electron chi connectivity index (χ3n) is 2.01. The van der Waals surface area contributed by atoms with E-state index in [1.165, 1.54) is 6.07 Å². The molecule has 0 bridgehead atoms. The van der Waals surface area contributed by atoms with Crippen molar-refractivity contribution >= 4 is 5.82 Å². The quantitative estimate of drug-likeness (QED) is 0.772. The molecule has 0 saturated heterocycles. The SMILES string of the molecule is Cc1nc(N)cc(-c2ccccc2F)n1. The Morgan fingerprint density at radius 1 is 1.20 bits per heavy atom. The summed E-state index contributed by atoms with van der Waals surface area (Å²) >= 11 is 0. The first kappa shape index (κ1) is 9.58. The van der Waals surface area contributed by atoms with Crippen molar-refractivity contribution in [3.8, 4) is 11.3 Å². The minimum atomic E-state index is -0.310. The van der Waals surface area contributed by atoms with Gasteiger partial charge in [-0.25, -0.2) is 14.4 Å². The average molecular weight is 203 g/mol.